The average Bonchev–Trinajstić information content (AvgIpc) is 3.44. The summed E-state index contributed by atoms with van der Waals surface area (Å²) in [6, 6.07) is 52.6. The highest BCUT2D eigenvalue weighted by Crippen LogP contribution is 2.44. The quantitative estimate of drug-likeness (QED) is 0.107. The smallest absolute Gasteiger partial charge is 0.266 e. The number of rotatable bonds is 10. The number of hydrogen-bond acceptors (Lipinski definition) is 3. The zero-order valence-corrected chi connectivity index (χ0v) is 30.0. The van der Waals surface area contributed by atoms with Gasteiger partial charge in [0.05, 0.1) is 16.8 Å². The van der Waals surface area contributed by atoms with Crippen molar-refractivity contribution >= 4 is 57.9 Å². The first-order valence-corrected chi connectivity index (χ1v) is 17.9. The second-order valence-electron chi connectivity index (χ2n) is 13.7. The third-order valence-electron chi connectivity index (χ3n) is 9.56. The van der Waals surface area contributed by atoms with Crippen molar-refractivity contribution in [3.05, 3.63) is 191 Å². The van der Waals surface area contributed by atoms with E-state index in [1.807, 2.05) is 121 Å². The Balaban J connectivity index is 1.35. The summed E-state index contributed by atoms with van der Waals surface area (Å²) in [6.45, 7) is 8.42. The van der Waals surface area contributed by atoms with Crippen molar-refractivity contribution in [2.75, 3.05) is 9.80 Å². The predicted molar refractivity (Wildman–Crippen MR) is 217 cm³/mol. The van der Waals surface area contributed by atoms with Crippen LogP contribution in [-0.2, 0) is 9.59 Å². The van der Waals surface area contributed by atoms with E-state index in [0.717, 1.165) is 39.3 Å². The number of benzene rings is 6. The van der Waals surface area contributed by atoms with Gasteiger partial charge in [-0.05, 0) is 81.6 Å². The van der Waals surface area contributed by atoms with E-state index in [-0.39, 0.29) is 23.7 Å². The first kappa shape index (κ1) is 34.2. The predicted octanol–water partition coefficient (Wildman–Crippen LogP) is 12.1. The number of anilines is 4. The Bertz CT molecular complexity index is 2190. The van der Waals surface area contributed by atoms with E-state index < -0.39 is 0 Å². The van der Waals surface area contributed by atoms with Gasteiger partial charge in [-0.3, -0.25) is 9.59 Å². The zero-order chi connectivity index (χ0) is 36.2. The van der Waals surface area contributed by atoms with Gasteiger partial charge < -0.3 is 4.90 Å². The molecule has 0 fully saturated rings. The van der Waals surface area contributed by atoms with Gasteiger partial charge in [0.15, 0.2) is 0 Å². The van der Waals surface area contributed by atoms with Crippen LogP contribution in [0.15, 0.2) is 158 Å². The normalized spacial score (nSPS) is 13.2. The number of nitrogens with zero attached hydrogens (tertiary/aromatic N) is 2. The van der Waals surface area contributed by atoms with Gasteiger partial charge in [0.2, 0.25) is 0 Å². The van der Waals surface area contributed by atoms with Crippen LogP contribution in [0.3, 0.4) is 0 Å². The molecule has 0 bridgehead atoms. The highest BCUT2D eigenvalue weighted by atomic mass is 16.2. The summed E-state index contributed by atoms with van der Waals surface area (Å²) in [4.78, 5) is 33.3. The number of carbonyl (C=O) groups excluding carboxylic acids is 2. The lowest BCUT2D eigenvalue weighted by molar-refractivity contribution is -0.119. The molecule has 1 aliphatic heterocycles. The van der Waals surface area contributed by atoms with Crippen molar-refractivity contribution in [2.24, 2.45) is 0 Å². The van der Waals surface area contributed by atoms with Crippen molar-refractivity contribution in [3.63, 3.8) is 0 Å². The first-order valence-electron chi connectivity index (χ1n) is 17.9. The van der Waals surface area contributed by atoms with Gasteiger partial charge in [0.25, 0.3) is 11.8 Å². The molecule has 4 nitrogen and oxygen atoms in total. The van der Waals surface area contributed by atoms with E-state index in [9.17, 15) is 9.59 Å². The standard InChI is InChI=1S/C48H42N2O2/c1-33(2)42-21-14-22-43(34(3)4)46(42)50-47(51)44(37-27-25-36(26-28-37)24-23-35-15-8-5-9-16-35)45(48(50)52)38-29-31-41(32-30-38)49(39-17-10-6-11-18-39)40-19-12-7-13-20-40/h5-34H,1-4H3/b24-23+. The van der Waals surface area contributed by atoms with Crippen molar-refractivity contribution in [2.45, 2.75) is 39.5 Å². The number of amides is 2. The molecule has 6 aromatic rings. The average molecular weight is 679 g/mol. The topological polar surface area (TPSA) is 40.6 Å². The van der Waals surface area contributed by atoms with Gasteiger partial charge in [-0.15, -0.1) is 0 Å². The number of hydrogen-bond donors (Lipinski definition) is 0. The summed E-state index contributed by atoms with van der Waals surface area (Å²) in [5, 5.41) is 0. The first-order chi connectivity index (χ1) is 25.3. The second kappa shape index (κ2) is 14.9. The van der Waals surface area contributed by atoms with Gasteiger partial charge in [0.1, 0.15) is 0 Å². The molecule has 7 rings (SSSR count). The molecule has 52 heavy (non-hydrogen) atoms. The Labute approximate surface area is 307 Å². The fourth-order valence-electron chi connectivity index (χ4n) is 6.93. The summed E-state index contributed by atoms with van der Waals surface area (Å²) >= 11 is 0. The Kier molecular flexibility index (Phi) is 9.81. The molecule has 0 atom stereocenters. The van der Waals surface area contributed by atoms with E-state index in [1.165, 1.54) is 4.90 Å². The monoisotopic (exact) mass is 678 g/mol. The molecule has 2 amide bonds. The third-order valence-corrected chi connectivity index (χ3v) is 9.56. The molecule has 1 aliphatic rings. The summed E-state index contributed by atoms with van der Waals surface area (Å²) < 4.78 is 0. The molecule has 1 heterocycles. The fraction of sp³-hybridized carbons (Fsp3) is 0.125. The molecular formula is C48H42N2O2. The minimum absolute atomic E-state index is 0.110. The highest BCUT2D eigenvalue weighted by Gasteiger charge is 2.42. The van der Waals surface area contributed by atoms with E-state index in [1.54, 1.807) is 0 Å². The Morgan fingerprint density at radius 2 is 0.827 bits per heavy atom. The summed E-state index contributed by atoms with van der Waals surface area (Å²) in [5.74, 6) is -0.391. The molecule has 0 spiro atoms. The van der Waals surface area contributed by atoms with Crippen molar-refractivity contribution in [1.82, 2.24) is 0 Å². The van der Waals surface area contributed by atoms with E-state index in [0.29, 0.717) is 28.0 Å². The van der Waals surface area contributed by atoms with Gasteiger partial charge in [-0.1, -0.05) is 161 Å². The maximum atomic E-state index is 14.9. The molecule has 0 radical (unpaired) electrons. The molecular weight excluding hydrogens is 637 g/mol. The maximum absolute atomic E-state index is 14.9. The highest BCUT2D eigenvalue weighted by molar-refractivity contribution is 6.57. The largest absolute Gasteiger partial charge is 0.311 e. The van der Waals surface area contributed by atoms with Crippen LogP contribution in [0.1, 0.15) is 72.9 Å². The van der Waals surface area contributed by atoms with Crippen LogP contribution in [0.2, 0.25) is 0 Å². The van der Waals surface area contributed by atoms with E-state index >= 15 is 0 Å². The van der Waals surface area contributed by atoms with Crippen molar-refractivity contribution < 1.29 is 9.59 Å². The Morgan fingerprint density at radius 3 is 1.27 bits per heavy atom. The molecule has 4 heteroatoms. The van der Waals surface area contributed by atoms with Crippen molar-refractivity contribution in [3.8, 4) is 0 Å². The zero-order valence-electron chi connectivity index (χ0n) is 30.0. The van der Waals surface area contributed by atoms with Crippen LogP contribution in [0.4, 0.5) is 22.7 Å². The lowest BCUT2D eigenvalue weighted by Crippen LogP contribution is -2.33. The molecule has 0 aliphatic carbocycles. The van der Waals surface area contributed by atoms with E-state index in [2.05, 4.69) is 81.1 Å². The maximum Gasteiger partial charge on any atom is 0.266 e. The summed E-state index contributed by atoms with van der Waals surface area (Å²) in [6.07, 6.45) is 4.12. The molecule has 6 aromatic carbocycles. The number of carbonyl (C=O) groups is 2. The van der Waals surface area contributed by atoms with Gasteiger partial charge in [0, 0.05) is 17.1 Å². The van der Waals surface area contributed by atoms with Crippen LogP contribution < -0.4 is 9.80 Å². The van der Waals surface area contributed by atoms with Gasteiger partial charge >= 0.3 is 0 Å². The minimum Gasteiger partial charge on any atom is -0.311 e. The molecule has 0 saturated heterocycles. The lowest BCUT2D eigenvalue weighted by Gasteiger charge is -2.26. The van der Waals surface area contributed by atoms with Crippen LogP contribution in [0, 0.1) is 0 Å². The van der Waals surface area contributed by atoms with E-state index in [4.69, 9.17) is 0 Å². The Hall–Kier alpha value is -6.26. The molecule has 0 aromatic heterocycles. The molecule has 0 saturated carbocycles. The van der Waals surface area contributed by atoms with Crippen molar-refractivity contribution in [1.29, 1.82) is 0 Å². The number of para-hydroxylation sites is 3. The minimum atomic E-state index is -0.307. The van der Waals surface area contributed by atoms with Crippen LogP contribution in [0.25, 0.3) is 23.3 Å². The number of imide groups is 1. The van der Waals surface area contributed by atoms with Crippen LogP contribution in [0.5, 0.6) is 0 Å². The van der Waals surface area contributed by atoms with Crippen LogP contribution >= 0.6 is 0 Å². The summed E-state index contributed by atoms with van der Waals surface area (Å²) in [7, 11) is 0. The van der Waals surface area contributed by atoms with Gasteiger partial charge in [-0.25, -0.2) is 4.90 Å². The molecule has 0 unspecified atom stereocenters. The lowest BCUT2D eigenvalue weighted by atomic mass is 9.91. The second-order valence-corrected chi connectivity index (χ2v) is 13.7. The van der Waals surface area contributed by atoms with Gasteiger partial charge in [-0.2, -0.15) is 0 Å². The third kappa shape index (κ3) is 6.76. The Morgan fingerprint density at radius 1 is 0.442 bits per heavy atom. The molecule has 0 N–H and O–H groups in total. The SMILES string of the molecule is CC(C)c1cccc(C(C)C)c1N1C(=O)C(c2ccc(/C=C/c3ccccc3)cc2)=C(c2ccc(N(c3ccccc3)c3ccccc3)cc2)C1=O. The fourth-order valence-corrected chi connectivity index (χ4v) is 6.93. The summed E-state index contributed by atoms with van der Waals surface area (Å²) in [5.41, 5.74) is 9.97. The molecule has 256 valence electrons. The van der Waals surface area contributed by atoms with Crippen LogP contribution in [-0.4, -0.2) is 11.8 Å².